The summed E-state index contributed by atoms with van der Waals surface area (Å²) < 4.78 is 24.3. The van der Waals surface area contributed by atoms with Crippen molar-refractivity contribution in [2.75, 3.05) is 12.4 Å². The Kier molecular flexibility index (Phi) is 6.32. The lowest BCUT2D eigenvalue weighted by Gasteiger charge is -2.07. The summed E-state index contributed by atoms with van der Waals surface area (Å²) in [7, 11) is 1.28. The highest BCUT2D eigenvalue weighted by Crippen LogP contribution is 2.24. The molecular formula is C22H17FN2O4. The van der Waals surface area contributed by atoms with E-state index in [1.807, 2.05) is 0 Å². The number of aromatic nitrogens is 1. The first-order chi connectivity index (χ1) is 14.0. The zero-order valence-electron chi connectivity index (χ0n) is 15.5. The number of carbonyl (C=O) groups excluding carboxylic acids is 2. The van der Waals surface area contributed by atoms with Crippen molar-refractivity contribution >= 4 is 23.6 Å². The summed E-state index contributed by atoms with van der Waals surface area (Å²) in [6.07, 6.45) is 5.80. The van der Waals surface area contributed by atoms with E-state index in [1.165, 1.54) is 43.7 Å². The highest BCUT2D eigenvalue weighted by molar-refractivity contribution is 6.02. The van der Waals surface area contributed by atoms with Gasteiger partial charge in [-0.3, -0.25) is 9.78 Å². The highest BCUT2D eigenvalue weighted by atomic mass is 19.1. The van der Waals surface area contributed by atoms with Gasteiger partial charge in [-0.1, -0.05) is 12.1 Å². The average Bonchev–Trinajstić information content (AvgIpc) is 2.74. The Hall–Kier alpha value is -4.00. The van der Waals surface area contributed by atoms with Crippen molar-refractivity contribution in [3.63, 3.8) is 0 Å². The van der Waals surface area contributed by atoms with E-state index in [2.05, 4.69) is 15.0 Å². The van der Waals surface area contributed by atoms with Crippen LogP contribution in [0.4, 0.5) is 10.1 Å². The zero-order valence-corrected chi connectivity index (χ0v) is 15.5. The third kappa shape index (κ3) is 5.49. The lowest BCUT2D eigenvalue weighted by Crippen LogP contribution is -2.09. The predicted molar refractivity (Wildman–Crippen MR) is 106 cm³/mol. The number of halogens is 1. The Labute approximate surface area is 166 Å². The molecule has 29 heavy (non-hydrogen) atoms. The SMILES string of the molecule is COC(=O)c1cccc(NC(=O)/C=C/c2ccc(Oc3cccnc3)c(F)c2)c1. The number of carbonyl (C=O) groups is 2. The molecule has 2 aromatic carbocycles. The molecule has 1 amide bonds. The summed E-state index contributed by atoms with van der Waals surface area (Å²) in [5, 5.41) is 2.63. The van der Waals surface area contributed by atoms with Crippen molar-refractivity contribution in [1.29, 1.82) is 0 Å². The summed E-state index contributed by atoms with van der Waals surface area (Å²) in [6.45, 7) is 0. The van der Waals surface area contributed by atoms with Gasteiger partial charge in [0.25, 0.3) is 0 Å². The second kappa shape index (κ2) is 9.27. The summed E-state index contributed by atoms with van der Waals surface area (Å²) in [6, 6.07) is 14.1. The molecule has 6 nitrogen and oxygen atoms in total. The predicted octanol–water partition coefficient (Wildman–Crippen LogP) is 4.45. The Bertz CT molecular complexity index is 1050. The number of pyridine rings is 1. The fourth-order valence-electron chi connectivity index (χ4n) is 2.44. The highest BCUT2D eigenvalue weighted by Gasteiger charge is 2.08. The monoisotopic (exact) mass is 392 g/mol. The molecule has 7 heteroatoms. The maximum absolute atomic E-state index is 14.2. The summed E-state index contributed by atoms with van der Waals surface area (Å²) >= 11 is 0. The van der Waals surface area contributed by atoms with E-state index in [0.29, 0.717) is 22.6 Å². The number of hydrogen-bond donors (Lipinski definition) is 1. The lowest BCUT2D eigenvalue weighted by atomic mass is 10.2. The molecule has 0 aliphatic rings. The first-order valence-electron chi connectivity index (χ1n) is 8.60. The van der Waals surface area contributed by atoms with Crippen molar-refractivity contribution < 1.29 is 23.5 Å². The van der Waals surface area contributed by atoms with E-state index >= 15 is 0 Å². The van der Waals surface area contributed by atoms with Crippen LogP contribution < -0.4 is 10.1 Å². The van der Waals surface area contributed by atoms with Crippen molar-refractivity contribution in [3.05, 3.63) is 90.0 Å². The van der Waals surface area contributed by atoms with Crippen molar-refractivity contribution in [2.45, 2.75) is 0 Å². The zero-order chi connectivity index (χ0) is 20.6. The van der Waals surface area contributed by atoms with Crippen LogP contribution in [0.2, 0.25) is 0 Å². The fraction of sp³-hybridized carbons (Fsp3) is 0.0455. The van der Waals surface area contributed by atoms with Gasteiger partial charge in [0.1, 0.15) is 5.75 Å². The Balaban J connectivity index is 1.64. The molecule has 0 radical (unpaired) electrons. The van der Waals surface area contributed by atoms with Crippen LogP contribution in [0.5, 0.6) is 11.5 Å². The fourth-order valence-corrected chi connectivity index (χ4v) is 2.44. The minimum absolute atomic E-state index is 0.0548. The smallest absolute Gasteiger partial charge is 0.337 e. The second-order valence-corrected chi connectivity index (χ2v) is 5.88. The minimum Gasteiger partial charge on any atom is -0.465 e. The van der Waals surface area contributed by atoms with Crippen LogP contribution >= 0.6 is 0 Å². The second-order valence-electron chi connectivity index (χ2n) is 5.88. The molecule has 1 heterocycles. The van der Waals surface area contributed by atoms with Gasteiger partial charge < -0.3 is 14.8 Å². The quantitative estimate of drug-likeness (QED) is 0.495. The Morgan fingerprint density at radius 1 is 1.10 bits per heavy atom. The molecule has 1 aromatic heterocycles. The Morgan fingerprint density at radius 2 is 1.97 bits per heavy atom. The molecule has 0 bridgehead atoms. The molecule has 0 aliphatic carbocycles. The maximum Gasteiger partial charge on any atom is 0.337 e. The van der Waals surface area contributed by atoms with E-state index in [1.54, 1.807) is 42.6 Å². The van der Waals surface area contributed by atoms with Gasteiger partial charge in [-0.15, -0.1) is 0 Å². The van der Waals surface area contributed by atoms with Gasteiger partial charge in [0.05, 0.1) is 18.9 Å². The number of esters is 1. The van der Waals surface area contributed by atoms with Crippen LogP contribution in [0.3, 0.4) is 0 Å². The third-order valence-electron chi connectivity index (χ3n) is 3.80. The van der Waals surface area contributed by atoms with E-state index in [4.69, 9.17) is 4.74 Å². The number of rotatable bonds is 6. The van der Waals surface area contributed by atoms with Gasteiger partial charge in [0, 0.05) is 18.0 Å². The third-order valence-corrected chi connectivity index (χ3v) is 3.80. The molecule has 0 spiro atoms. The van der Waals surface area contributed by atoms with Crippen LogP contribution in [0, 0.1) is 5.82 Å². The molecule has 3 rings (SSSR count). The molecule has 0 saturated carbocycles. The minimum atomic E-state index is -0.567. The maximum atomic E-state index is 14.2. The molecule has 0 aliphatic heterocycles. The van der Waals surface area contributed by atoms with Crippen LogP contribution in [0.1, 0.15) is 15.9 Å². The first-order valence-corrected chi connectivity index (χ1v) is 8.60. The van der Waals surface area contributed by atoms with Gasteiger partial charge >= 0.3 is 5.97 Å². The van der Waals surface area contributed by atoms with Crippen molar-refractivity contribution in [1.82, 2.24) is 4.98 Å². The van der Waals surface area contributed by atoms with E-state index in [-0.39, 0.29) is 5.75 Å². The summed E-state index contributed by atoms with van der Waals surface area (Å²) in [4.78, 5) is 27.5. The summed E-state index contributed by atoms with van der Waals surface area (Å²) in [5.41, 5.74) is 1.24. The Morgan fingerprint density at radius 3 is 2.69 bits per heavy atom. The average molecular weight is 392 g/mol. The van der Waals surface area contributed by atoms with Gasteiger partial charge in [-0.25, -0.2) is 9.18 Å². The number of amides is 1. The number of nitrogens with zero attached hydrogens (tertiary/aromatic N) is 1. The molecule has 0 atom stereocenters. The van der Waals surface area contributed by atoms with Crippen LogP contribution in [0.25, 0.3) is 6.08 Å². The molecule has 1 N–H and O–H groups in total. The van der Waals surface area contributed by atoms with Crippen LogP contribution in [0.15, 0.2) is 73.1 Å². The number of methoxy groups -OCH3 is 1. The van der Waals surface area contributed by atoms with Crippen LogP contribution in [-0.2, 0) is 9.53 Å². The number of nitrogens with one attached hydrogen (secondary N) is 1. The largest absolute Gasteiger partial charge is 0.465 e. The lowest BCUT2D eigenvalue weighted by molar-refractivity contribution is -0.111. The van der Waals surface area contributed by atoms with Crippen molar-refractivity contribution in [2.24, 2.45) is 0 Å². The van der Waals surface area contributed by atoms with E-state index < -0.39 is 17.7 Å². The van der Waals surface area contributed by atoms with Gasteiger partial charge in [-0.05, 0) is 54.1 Å². The number of hydrogen-bond acceptors (Lipinski definition) is 5. The normalized spacial score (nSPS) is 10.6. The number of benzene rings is 2. The number of anilines is 1. The standard InChI is InChI=1S/C22H17FN2O4/c1-28-22(27)16-4-2-5-17(13-16)25-21(26)10-8-15-7-9-20(19(23)12-15)29-18-6-3-11-24-14-18/h2-14H,1H3,(H,25,26)/b10-8+. The number of ether oxygens (including phenoxy) is 2. The first kappa shape index (κ1) is 19.8. The van der Waals surface area contributed by atoms with E-state index in [0.717, 1.165) is 0 Å². The van der Waals surface area contributed by atoms with Crippen molar-refractivity contribution in [3.8, 4) is 11.5 Å². The topological polar surface area (TPSA) is 77.5 Å². The molecule has 3 aromatic rings. The summed E-state index contributed by atoms with van der Waals surface area (Å²) in [5.74, 6) is -1.02. The van der Waals surface area contributed by atoms with Gasteiger partial charge in [0.2, 0.25) is 5.91 Å². The molecule has 0 fully saturated rings. The molecular weight excluding hydrogens is 375 g/mol. The van der Waals surface area contributed by atoms with Gasteiger partial charge in [0.15, 0.2) is 11.6 Å². The van der Waals surface area contributed by atoms with E-state index in [9.17, 15) is 14.0 Å². The molecule has 0 saturated heterocycles. The molecule has 0 unspecified atom stereocenters. The molecule has 146 valence electrons. The van der Waals surface area contributed by atoms with Gasteiger partial charge in [-0.2, -0.15) is 0 Å². The van der Waals surface area contributed by atoms with Crippen LogP contribution in [-0.4, -0.2) is 24.0 Å².